The first-order chi connectivity index (χ1) is 9.08. The Balaban J connectivity index is 2.59. The molecule has 0 saturated carbocycles. The van der Waals surface area contributed by atoms with Crippen molar-refractivity contribution in [2.24, 2.45) is 11.8 Å². The van der Waals surface area contributed by atoms with Gasteiger partial charge in [0.15, 0.2) is 0 Å². The Bertz CT molecular complexity index is 377. The molecule has 0 fully saturated rings. The smallest absolute Gasteiger partial charge is 0.122 e. The summed E-state index contributed by atoms with van der Waals surface area (Å²) in [6.45, 7) is 11.4. The van der Waals surface area contributed by atoms with Crippen molar-refractivity contribution in [1.82, 2.24) is 5.32 Å². The third-order valence-electron chi connectivity index (χ3n) is 3.45. The average molecular weight is 264 g/mol. The molecule has 3 nitrogen and oxygen atoms in total. The molecule has 1 aromatic rings. The molecule has 2 N–H and O–H groups in total. The first kappa shape index (κ1) is 15.8. The van der Waals surface area contributed by atoms with Gasteiger partial charge in [0, 0.05) is 12.2 Å². The van der Waals surface area contributed by atoms with Gasteiger partial charge in [-0.15, -0.1) is 0 Å². The van der Waals surface area contributed by atoms with Gasteiger partial charge in [-0.1, -0.05) is 13.8 Å². The predicted octanol–water partition coefficient (Wildman–Crippen LogP) is 3.30. The van der Waals surface area contributed by atoms with E-state index in [0.717, 1.165) is 18.8 Å². The number of anilines is 1. The second-order valence-electron chi connectivity index (χ2n) is 5.36. The molecule has 0 aliphatic rings. The van der Waals surface area contributed by atoms with Gasteiger partial charge >= 0.3 is 0 Å². The molecule has 0 aliphatic heterocycles. The quantitative estimate of drug-likeness (QED) is 0.756. The molecule has 108 valence electrons. The first-order valence-electron chi connectivity index (χ1n) is 7.20. The van der Waals surface area contributed by atoms with Gasteiger partial charge in [-0.05, 0) is 63.0 Å². The molecule has 1 rings (SSSR count). The fraction of sp³-hybridized carbons (Fsp3) is 0.625. The second kappa shape index (κ2) is 8.05. The molecule has 0 saturated heterocycles. The zero-order valence-corrected chi connectivity index (χ0v) is 12.9. The van der Waals surface area contributed by atoms with E-state index in [0.29, 0.717) is 18.4 Å². The highest BCUT2D eigenvalue weighted by Gasteiger charge is 2.12. The zero-order valence-electron chi connectivity index (χ0n) is 12.9. The van der Waals surface area contributed by atoms with E-state index in [1.54, 1.807) is 0 Å². The number of hydrogen-bond donors (Lipinski definition) is 2. The Hall–Kier alpha value is -1.22. The molecular weight excluding hydrogens is 236 g/mol. The molecule has 0 amide bonds. The highest BCUT2D eigenvalue weighted by atomic mass is 16.5. The Kier molecular flexibility index (Phi) is 6.71. The lowest BCUT2D eigenvalue weighted by atomic mass is 9.95. The van der Waals surface area contributed by atoms with Crippen LogP contribution in [0.1, 0.15) is 26.3 Å². The van der Waals surface area contributed by atoms with Crippen LogP contribution in [-0.4, -0.2) is 26.7 Å². The van der Waals surface area contributed by atoms with Gasteiger partial charge in [-0.2, -0.15) is 0 Å². The summed E-state index contributed by atoms with van der Waals surface area (Å²) in [5.74, 6) is 2.28. The van der Waals surface area contributed by atoms with Crippen molar-refractivity contribution in [1.29, 1.82) is 0 Å². The molecule has 3 heteroatoms. The van der Waals surface area contributed by atoms with E-state index in [2.05, 4.69) is 43.5 Å². The molecule has 1 atom stereocenters. The summed E-state index contributed by atoms with van der Waals surface area (Å²) in [5, 5.41) is 6.79. The van der Waals surface area contributed by atoms with Gasteiger partial charge < -0.3 is 15.4 Å². The number of nitrogens with one attached hydrogen (secondary N) is 2. The first-order valence-corrected chi connectivity index (χ1v) is 7.20. The van der Waals surface area contributed by atoms with Crippen LogP contribution in [0.15, 0.2) is 18.2 Å². The highest BCUT2D eigenvalue weighted by molar-refractivity contribution is 5.50. The predicted molar refractivity (Wildman–Crippen MR) is 83.1 cm³/mol. The van der Waals surface area contributed by atoms with Gasteiger partial charge in [0.05, 0.1) is 6.61 Å². The van der Waals surface area contributed by atoms with Crippen molar-refractivity contribution in [2.75, 3.05) is 32.1 Å². The van der Waals surface area contributed by atoms with E-state index in [9.17, 15) is 0 Å². The normalized spacial score (nSPS) is 12.5. The van der Waals surface area contributed by atoms with Crippen molar-refractivity contribution < 1.29 is 4.74 Å². The minimum absolute atomic E-state index is 0.636. The lowest BCUT2D eigenvalue weighted by Gasteiger charge is -2.22. The summed E-state index contributed by atoms with van der Waals surface area (Å²) in [5.41, 5.74) is 2.35. The van der Waals surface area contributed by atoms with Crippen LogP contribution >= 0.6 is 0 Å². The molecule has 0 spiro atoms. The van der Waals surface area contributed by atoms with Crippen molar-refractivity contribution in [3.8, 4) is 5.75 Å². The maximum Gasteiger partial charge on any atom is 0.122 e. The molecule has 0 radical (unpaired) electrons. The number of aryl methyl sites for hydroxylation is 1. The van der Waals surface area contributed by atoms with Gasteiger partial charge in [0.25, 0.3) is 0 Å². The molecule has 1 aromatic carbocycles. The summed E-state index contributed by atoms with van der Waals surface area (Å²) in [4.78, 5) is 0. The maximum absolute atomic E-state index is 5.56. The van der Waals surface area contributed by atoms with Crippen LogP contribution in [-0.2, 0) is 0 Å². The van der Waals surface area contributed by atoms with Crippen LogP contribution in [0.3, 0.4) is 0 Å². The number of benzene rings is 1. The molecule has 19 heavy (non-hydrogen) atoms. The molecule has 1 unspecified atom stereocenters. The lowest BCUT2D eigenvalue weighted by molar-refractivity contribution is 0.338. The third-order valence-corrected chi connectivity index (χ3v) is 3.45. The van der Waals surface area contributed by atoms with Crippen molar-refractivity contribution >= 4 is 5.69 Å². The van der Waals surface area contributed by atoms with Gasteiger partial charge in [-0.25, -0.2) is 0 Å². The topological polar surface area (TPSA) is 33.3 Å². The van der Waals surface area contributed by atoms with Crippen molar-refractivity contribution in [3.63, 3.8) is 0 Å². The Morgan fingerprint density at radius 3 is 2.47 bits per heavy atom. The average Bonchev–Trinajstić information content (AvgIpc) is 2.37. The van der Waals surface area contributed by atoms with E-state index in [-0.39, 0.29) is 0 Å². The second-order valence-corrected chi connectivity index (χ2v) is 5.36. The highest BCUT2D eigenvalue weighted by Crippen LogP contribution is 2.22. The summed E-state index contributed by atoms with van der Waals surface area (Å²) < 4.78 is 5.56. The Labute approximate surface area is 117 Å². The van der Waals surface area contributed by atoms with Gasteiger partial charge in [0.2, 0.25) is 0 Å². The minimum Gasteiger partial charge on any atom is -0.494 e. The van der Waals surface area contributed by atoms with E-state index in [1.807, 2.05) is 20.0 Å². The number of ether oxygens (including phenoxy) is 1. The van der Waals surface area contributed by atoms with Crippen LogP contribution in [0.2, 0.25) is 0 Å². The molecule has 0 bridgehead atoms. The van der Waals surface area contributed by atoms with Crippen LogP contribution in [0.25, 0.3) is 0 Å². The summed E-state index contributed by atoms with van der Waals surface area (Å²) in [7, 11) is 2.01. The largest absolute Gasteiger partial charge is 0.494 e. The van der Waals surface area contributed by atoms with E-state index in [4.69, 9.17) is 4.74 Å². The Morgan fingerprint density at radius 1 is 1.21 bits per heavy atom. The number of rotatable bonds is 8. The molecule has 0 heterocycles. The van der Waals surface area contributed by atoms with Crippen molar-refractivity contribution in [2.45, 2.75) is 27.7 Å². The van der Waals surface area contributed by atoms with Crippen LogP contribution in [0.4, 0.5) is 5.69 Å². The standard InChI is InChI=1S/C16H28N2O/c1-6-19-16-8-7-15(9-13(16)4)18-11-14(10-17-5)12(2)3/h7-9,12,14,17-18H,6,10-11H2,1-5H3. The summed E-state index contributed by atoms with van der Waals surface area (Å²) >= 11 is 0. The van der Waals surface area contributed by atoms with E-state index < -0.39 is 0 Å². The summed E-state index contributed by atoms with van der Waals surface area (Å²) in [6.07, 6.45) is 0. The Morgan fingerprint density at radius 2 is 1.95 bits per heavy atom. The van der Waals surface area contributed by atoms with Crippen molar-refractivity contribution in [3.05, 3.63) is 23.8 Å². The fourth-order valence-corrected chi connectivity index (χ4v) is 2.13. The monoisotopic (exact) mass is 264 g/mol. The molecule has 0 aliphatic carbocycles. The van der Waals surface area contributed by atoms with Gasteiger partial charge in [-0.3, -0.25) is 0 Å². The minimum atomic E-state index is 0.636. The van der Waals surface area contributed by atoms with Gasteiger partial charge in [0.1, 0.15) is 5.75 Å². The van der Waals surface area contributed by atoms with E-state index in [1.165, 1.54) is 11.3 Å². The third kappa shape index (κ3) is 5.11. The SMILES string of the molecule is CCOc1ccc(NCC(CNC)C(C)C)cc1C. The molecular formula is C16H28N2O. The van der Waals surface area contributed by atoms with Crippen LogP contribution in [0.5, 0.6) is 5.75 Å². The van der Waals surface area contributed by atoms with E-state index >= 15 is 0 Å². The zero-order chi connectivity index (χ0) is 14.3. The van der Waals surface area contributed by atoms with Crippen LogP contribution < -0.4 is 15.4 Å². The maximum atomic E-state index is 5.56. The lowest BCUT2D eigenvalue weighted by Crippen LogP contribution is -2.29. The summed E-state index contributed by atoms with van der Waals surface area (Å²) in [6, 6.07) is 6.29. The number of hydrogen-bond acceptors (Lipinski definition) is 3. The van der Waals surface area contributed by atoms with Crippen LogP contribution in [0, 0.1) is 18.8 Å². The fourth-order valence-electron chi connectivity index (χ4n) is 2.13. The molecule has 0 aromatic heterocycles.